The topological polar surface area (TPSA) is 12.0 Å². The van der Waals surface area contributed by atoms with Gasteiger partial charge in [-0.3, -0.25) is 0 Å². The van der Waals surface area contributed by atoms with Crippen LogP contribution < -0.4 is 5.32 Å². The van der Waals surface area contributed by atoms with E-state index in [2.05, 4.69) is 21.2 Å². The minimum absolute atomic E-state index is 0.219. The molecule has 88 valence electrons. The van der Waals surface area contributed by atoms with Gasteiger partial charge in [0, 0.05) is 16.7 Å². The molecule has 1 N–H and O–H groups in total. The van der Waals surface area contributed by atoms with Gasteiger partial charge in [0.15, 0.2) is 0 Å². The maximum absolute atomic E-state index is 12.7. The van der Waals surface area contributed by atoms with E-state index >= 15 is 0 Å². The first kappa shape index (κ1) is 12.4. The number of halogens is 3. The Morgan fingerprint density at radius 3 is 2.47 bits per heavy atom. The molecule has 0 fully saturated rings. The third-order valence-electron chi connectivity index (χ3n) is 2.33. The summed E-state index contributed by atoms with van der Waals surface area (Å²) < 4.78 is 13.6. The van der Waals surface area contributed by atoms with Crippen LogP contribution in [0.1, 0.15) is 5.56 Å². The van der Waals surface area contributed by atoms with Crippen molar-refractivity contribution in [3.05, 3.63) is 63.3 Å². The van der Waals surface area contributed by atoms with Gasteiger partial charge < -0.3 is 5.32 Å². The lowest BCUT2D eigenvalue weighted by molar-refractivity contribution is 0.627. The minimum atomic E-state index is -0.219. The van der Waals surface area contributed by atoms with Crippen molar-refractivity contribution in [2.24, 2.45) is 0 Å². The first-order valence-electron chi connectivity index (χ1n) is 5.08. The van der Waals surface area contributed by atoms with E-state index in [1.54, 1.807) is 12.1 Å². The van der Waals surface area contributed by atoms with Gasteiger partial charge in [-0.25, -0.2) is 4.39 Å². The summed E-state index contributed by atoms with van der Waals surface area (Å²) in [5.74, 6) is -0.219. The molecule has 2 aromatic rings. The third-order valence-corrected chi connectivity index (χ3v) is 3.54. The van der Waals surface area contributed by atoms with Crippen LogP contribution in [0.2, 0.25) is 5.02 Å². The van der Waals surface area contributed by atoms with Gasteiger partial charge in [0.05, 0.1) is 5.02 Å². The molecule has 4 heteroatoms. The van der Waals surface area contributed by atoms with Crippen molar-refractivity contribution >= 4 is 33.2 Å². The maximum atomic E-state index is 12.7. The lowest BCUT2D eigenvalue weighted by atomic mass is 10.2. The molecule has 0 bridgehead atoms. The Balaban J connectivity index is 2.02. The number of benzene rings is 2. The van der Waals surface area contributed by atoms with Gasteiger partial charge in [-0.1, -0.05) is 23.7 Å². The van der Waals surface area contributed by atoms with E-state index in [1.807, 2.05) is 18.2 Å². The van der Waals surface area contributed by atoms with Crippen molar-refractivity contribution in [3.63, 3.8) is 0 Å². The quantitative estimate of drug-likeness (QED) is 0.853. The molecule has 0 atom stereocenters. The van der Waals surface area contributed by atoms with Crippen molar-refractivity contribution in [2.75, 3.05) is 5.32 Å². The van der Waals surface area contributed by atoms with Crippen molar-refractivity contribution < 1.29 is 4.39 Å². The van der Waals surface area contributed by atoms with E-state index in [9.17, 15) is 4.39 Å². The molecule has 17 heavy (non-hydrogen) atoms. The molecule has 0 spiro atoms. The predicted molar refractivity (Wildman–Crippen MR) is 72.9 cm³/mol. The van der Waals surface area contributed by atoms with Crippen LogP contribution in [0, 0.1) is 5.82 Å². The lowest BCUT2D eigenvalue weighted by Crippen LogP contribution is -1.99. The van der Waals surface area contributed by atoms with Crippen molar-refractivity contribution in [2.45, 2.75) is 6.54 Å². The first-order chi connectivity index (χ1) is 8.15. The summed E-state index contributed by atoms with van der Waals surface area (Å²) in [7, 11) is 0. The van der Waals surface area contributed by atoms with Gasteiger partial charge in [-0.2, -0.15) is 0 Å². The summed E-state index contributed by atoms with van der Waals surface area (Å²) in [4.78, 5) is 0. The number of nitrogens with one attached hydrogen (secondary N) is 1. The highest BCUT2D eigenvalue weighted by Gasteiger charge is 1.99. The SMILES string of the molecule is Fc1ccc(CNc2ccc(Cl)c(Br)c2)cc1. The van der Waals surface area contributed by atoms with E-state index in [1.165, 1.54) is 12.1 Å². The summed E-state index contributed by atoms with van der Waals surface area (Å²) in [6.07, 6.45) is 0. The second-order valence-corrected chi connectivity index (χ2v) is 4.87. The monoisotopic (exact) mass is 313 g/mol. The van der Waals surface area contributed by atoms with Crippen LogP contribution >= 0.6 is 27.5 Å². The molecule has 0 aromatic heterocycles. The van der Waals surface area contributed by atoms with Crippen LogP contribution in [0.5, 0.6) is 0 Å². The molecule has 2 rings (SSSR count). The van der Waals surface area contributed by atoms with Gasteiger partial charge in [-0.15, -0.1) is 0 Å². The van der Waals surface area contributed by atoms with E-state index in [-0.39, 0.29) is 5.82 Å². The molecule has 0 saturated heterocycles. The maximum Gasteiger partial charge on any atom is 0.123 e. The minimum Gasteiger partial charge on any atom is -0.381 e. The fourth-order valence-electron chi connectivity index (χ4n) is 1.41. The Kier molecular flexibility index (Phi) is 4.02. The summed E-state index contributed by atoms with van der Waals surface area (Å²) in [5, 5.41) is 3.92. The summed E-state index contributed by atoms with van der Waals surface area (Å²) in [6, 6.07) is 12.0. The smallest absolute Gasteiger partial charge is 0.123 e. The van der Waals surface area contributed by atoms with Crippen LogP contribution in [0.15, 0.2) is 46.9 Å². The molecule has 0 aliphatic carbocycles. The van der Waals surface area contributed by atoms with Crippen LogP contribution in [-0.4, -0.2) is 0 Å². The largest absolute Gasteiger partial charge is 0.381 e. The normalized spacial score (nSPS) is 10.3. The zero-order valence-electron chi connectivity index (χ0n) is 8.88. The van der Waals surface area contributed by atoms with Crippen LogP contribution in [0.4, 0.5) is 10.1 Å². The summed E-state index contributed by atoms with van der Waals surface area (Å²) >= 11 is 9.26. The van der Waals surface area contributed by atoms with Gasteiger partial charge in [0.25, 0.3) is 0 Å². The highest BCUT2D eigenvalue weighted by Crippen LogP contribution is 2.25. The van der Waals surface area contributed by atoms with Gasteiger partial charge in [0.1, 0.15) is 5.82 Å². The van der Waals surface area contributed by atoms with Crippen LogP contribution in [-0.2, 0) is 6.54 Å². The Labute approximate surface area is 113 Å². The van der Waals surface area contributed by atoms with E-state index in [0.717, 1.165) is 15.7 Å². The fourth-order valence-corrected chi connectivity index (χ4v) is 1.91. The molecular formula is C13H10BrClFN. The number of hydrogen-bond donors (Lipinski definition) is 1. The average Bonchev–Trinajstić information content (AvgIpc) is 2.33. The number of hydrogen-bond acceptors (Lipinski definition) is 1. The molecular weight excluding hydrogens is 305 g/mol. The molecule has 0 heterocycles. The van der Waals surface area contributed by atoms with E-state index in [4.69, 9.17) is 11.6 Å². The van der Waals surface area contributed by atoms with Gasteiger partial charge in [0.2, 0.25) is 0 Å². The summed E-state index contributed by atoms with van der Waals surface area (Å²) in [6.45, 7) is 0.647. The van der Waals surface area contributed by atoms with E-state index < -0.39 is 0 Å². The lowest BCUT2D eigenvalue weighted by Gasteiger charge is -2.07. The van der Waals surface area contributed by atoms with Gasteiger partial charge in [-0.05, 0) is 51.8 Å². The molecule has 0 saturated carbocycles. The number of rotatable bonds is 3. The molecule has 0 amide bonds. The second-order valence-electron chi connectivity index (χ2n) is 3.61. The highest BCUT2D eigenvalue weighted by molar-refractivity contribution is 9.10. The molecule has 0 unspecified atom stereocenters. The van der Waals surface area contributed by atoms with Crippen LogP contribution in [0.25, 0.3) is 0 Å². The molecule has 0 radical (unpaired) electrons. The number of anilines is 1. The van der Waals surface area contributed by atoms with Crippen molar-refractivity contribution in [1.29, 1.82) is 0 Å². The van der Waals surface area contributed by atoms with Crippen LogP contribution in [0.3, 0.4) is 0 Å². The van der Waals surface area contributed by atoms with Crippen molar-refractivity contribution in [1.82, 2.24) is 0 Å². The fraction of sp³-hybridized carbons (Fsp3) is 0.0769. The predicted octanol–water partition coefficient (Wildman–Crippen LogP) is 4.85. The Bertz CT molecular complexity index is 513. The molecule has 1 nitrogen and oxygen atoms in total. The molecule has 2 aromatic carbocycles. The highest BCUT2D eigenvalue weighted by atomic mass is 79.9. The zero-order valence-corrected chi connectivity index (χ0v) is 11.2. The molecule has 0 aliphatic rings. The zero-order chi connectivity index (χ0) is 12.3. The Morgan fingerprint density at radius 2 is 1.82 bits per heavy atom. The average molecular weight is 315 g/mol. The second kappa shape index (κ2) is 5.52. The Morgan fingerprint density at radius 1 is 1.12 bits per heavy atom. The Hall–Kier alpha value is -1.06. The van der Waals surface area contributed by atoms with E-state index in [0.29, 0.717) is 11.6 Å². The standard InChI is InChI=1S/C13H10BrClFN/c14-12-7-11(5-6-13(12)15)17-8-9-1-3-10(16)4-2-9/h1-7,17H,8H2. The van der Waals surface area contributed by atoms with Crippen molar-refractivity contribution in [3.8, 4) is 0 Å². The third kappa shape index (κ3) is 3.45. The summed E-state index contributed by atoms with van der Waals surface area (Å²) in [5.41, 5.74) is 1.99. The van der Waals surface area contributed by atoms with Gasteiger partial charge >= 0.3 is 0 Å². The molecule has 0 aliphatic heterocycles. The first-order valence-corrected chi connectivity index (χ1v) is 6.25.